The van der Waals surface area contributed by atoms with Gasteiger partial charge in [0.05, 0.1) is 0 Å². The summed E-state index contributed by atoms with van der Waals surface area (Å²) < 4.78 is 51.5. The largest absolute Gasteiger partial charge is 0.518 e. The lowest BCUT2D eigenvalue weighted by Gasteiger charge is -2.25. The van der Waals surface area contributed by atoms with Gasteiger partial charge in [-0.15, -0.1) is 0 Å². The monoisotopic (exact) mass is 584 g/mol. The molecular formula is C13H19N2O16P3S. The topological polar surface area (TPSA) is 259 Å². The molecule has 2 unspecified atom stereocenters. The molecule has 0 aromatic carbocycles. The third-order valence-corrected chi connectivity index (χ3v) is 8.55. The Morgan fingerprint density at radius 1 is 1.17 bits per heavy atom. The molecule has 1 aliphatic heterocycles. The Labute approximate surface area is 200 Å². The lowest BCUT2D eigenvalue weighted by Crippen LogP contribution is -2.42. The lowest BCUT2D eigenvalue weighted by molar-refractivity contribution is -0.165. The zero-order valence-corrected chi connectivity index (χ0v) is 21.1. The highest BCUT2D eigenvalue weighted by Gasteiger charge is 2.52. The van der Waals surface area contributed by atoms with Crippen LogP contribution in [0.3, 0.4) is 0 Å². The van der Waals surface area contributed by atoms with Gasteiger partial charge in [0.25, 0.3) is 5.56 Å². The van der Waals surface area contributed by atoms with E-state index >= 15 is 0 Å². The van der Waals surface area contributed by atoms with Gasteiger partial charge in [0.2, 0.25) is 0 Å². The summed E-state index contributed by atoms with van der Waals surface area (Å²) in [4.78, 5) is 85.4. The van der Waals surface area contributed by atoms with Crippen molar-refractivity contribution in [3.05, 3.63) is 33.1 Å². The Kier molecular flexibility index (Phi) is 9.60. The number of carbonyl (C=O) groups is 2. The van der Waals surface area contributed by atoms with Crippen LogP contribution >= 0.6 is 22.8 Å². The Bertz CT molecular complexity index is 1160. The number of ether oxygens (including phenoxy) is 3. The molecule has 0 amide bonds. The van der Waals surface area contributed by atoms with Gasteiger partial charge >= 0.3 is 40.4 Å². The van der Waals surface area contributed by atoms with Crippen molar-refractivity contribution in [2.24, 2.45) is 0 Å². The summed E-state index contributed by atoms with van der Waals surface area (Å²) in [5.41, 5.74) is -1.75. The van der Waals surface area contributed by atoms with Crippen LogP contribution in [0, 0.1) is 0 Å². The SMILES string of the molecule is CC(=O)O[C@@H]1[C@H](OC(C)=O)[C@@H](CO[P+](O)([S-])OP(=O)(O)OP(=O)(O)O)O[C@H]1n1ccc(=O)[nH]c1=O. The van der Waals surface area contributed by atoms with E-state index in [2.05, 4.69) is 20.9 Å². The molecule has 1 fully saturated rings. The zero-order chi connectivity index (χ0) is 26.8. The third-order valence-electron chi connectivity index (χ3n) is 3.83. The van der Waals surface area contributed by atoms with E-state index in [-0.39, 0.29) is 0 Å². The van der Waals surface area contributed by atoms with Crippen molar-refractivity contribution >= 4 is 47.0 Å². The molecule has 22 heteroatoms. The summed E-state index contributed by atoms with van der Waals surface area (Å²) in [6.07, 6.45) is -4.96. The van der Waals surface area contributed by atoms with E-state index < -0.39 is 77.1 Å². The molecule has 1 aromatic rings. The summed E-state index contributed by atoms with van der Waals surface area (Å²) in [6.45, 7) is 1.11. The van der Waals surface area contributed by atoms with Gasteiger partial charge in [-0.1, -0.05) is 4.31 Å². The second kappa shape index (κ2) is 11.3. The molecule has 0 aliphatic carbocycles. The summed E-state index contributed by atoms with van der Waals surface area (Å²) in [5, 5.41) is 0. The highest BCUT2D eigenvalue weighted by molar-refractivity contribution is 8.36. The maximum absolute atomic E-state index is 12.2. The molecule has 2 heterocycles. The van der Waals surface area contributed by atoms with Crippen LogP contribution in [-0.2, 0) is 58.3 Å². The van der Waals surface area contributed by atoms with Crippen molar-refractivity contribution in [2.45, 2.75) is 38.4 Å². The first kappa shape index (κ1) is 29.8. The van der Waals surface area contributed by atoms with E-state index in [0.717, 1.165) is 30.7 Å². The van der Waals surface area contributed by atoms with Gasteiger partial charge in [0.1, 0.15) is 12.7 Å². The van der Waals surface area contributed by atoms with Gasteiger partial charge in [0, 0.05) is 26.1 Å². The molecule has 35 heavy (non-hydrogen) atoms. The minimum Gasteiger partial charge on any atom is -0.459 e. The highest BCUT2D eigenvalue weighted by atomic mass is 32.7. The lowest BCUT2D eigenvalue weighted by atomic mass is 10.1. The fourth-order valence-electron chi connectivity index (χ4n) is 2.82. The van der Waals surface area contributed by atoms with Crippen molar-refractivity contribution in [2.75, 3.05) is 6.61 Å². The number of aromatic amines is 1. The number of aromatic nitrogens is 2. The minimum atomic E-state index is -5.60. The molecule has 1 aromatic heterocycles. The van der Waals surface area contributed by atoms with Crippen LogP contribution in [0.5, 0.6) is 0 Å². The predicted molar refractivity (Wildman–Crippen MR) is 113 cm³/mol. The average Bonchev–Trinajstić information content (AvgIpc) is 2.93. The van der Waals surface area contributed by atoms with E-state index in [9.17, 15) is 38.1 Å². The summed E-state index contributed by atoms with van der Waals surface area (Å²) >= 11 is 4.51. The maximum Gasteiger partial charge on any atom is 0.518 e. The number of nitrogens with one attached hydrogen (secondary N) is 1. The number of rotatable bonds is 10. The van der Waals surface area contributed by atoms with E-state index in [1.165, 1.54) is 0 Å². The maximum atomic E-state index is 12.2. The van der Waals surface area contributed by atoms with Crippen molar-refractivity contribution in [1.82, 2.24) is 9.55 Å². The normalized spacial score (nSPS) is 25.9. The number of nitrogens with zero attached hydrogens (tertiary/aromatic N) is 1. The van der Waals surface area contributed by atoms with Crippen LogP contribution in [0.2, 0.25) is 0 Å². The van der Waals surface area contributed by atoms with Crippen molar-refractivity contribution < 1.29 is 65.6 Å². The molecular weight excluding hydrogens is 565 g/mol. The van der Waals surface area contributed by atoms with Crippen LogP contribution in [0.15, 0.2) is 21.9 Å². The Balaban J connectivity index is 2.31. The molecule has 5 N–H and O–H groups in total. The van der Waals surface area contributed by atoms with Crippen molar-refractivity contribution in [3.8, 4) is 0 Å². The van der Waals surface area contributed by atoms with Gasteiger partial charge in [0.15, 0.2) is 18.4 Å². The Hall–Kier alpha value is -1.46. The minimum absolute atomic E-state index is 0.756. The molecule has 2 rings (SSSR count). The number of carbonyl (C=O) groups excluding carboxylic acids is 2. The fraction of sp³-hybridized carbons (Fsp3) is 0.538. The molecule has 198 valence electrons. The Morgan fingerprint density at radius 2 is 1.74 bits per heavy atom. The van der Waals surface area contributed by atoms with Crippen LogP contribution in [0.25, 0.3) is 0 Å². The van der Waals surface area contributed by atoms with Gasteiger partial charge in [-0.3, -0.25) is 28.8 Å². The number of phosphoric acid groups is 2. The van der Waals surface area contributed by atoms with E-state index in [4.69, 9.17) is 28.5 Å². The number of H-pyrrole nitrogens is 1. The van der Waals surface area contributed by atoms with E-state index in [1.807, 2.05) is 4.98 Å². The van der Waals surface area contributed by atoms with Gasteiger partial charge in [-0.05, 0) is 0 Å². The predicted octanol–water partition coefficient (Wildman–Crippen LogP) is -1.24. The van der Waals surface area contributed by atoms with Crippen LogP contribution < -0.4 is 11.2 Å². The van der Waals surface area contributed by atoms with Crippen molar-refractivity contribution in [1.29, 1.82) is 0 Å². The molecule has 0 bridgehead atoms. The fourth-order valence-corrected chi connectivity index (χ4v) is 6.79. The molecule has 0 saturated carbocycles. The van der Waals surface area contributed by atoms with Crippen LogP contribution in [0.4, 0.5) is 0 Å². The molecule has 1 saturated heterocycles. The zero-order valence-electron chi connectivity index (χ0n) is 17.6. The number of hydrogen-bond donors (Lipinski definition) is 5. The average molecular weight is 584 g/mol. The summed E-state index contributed by atoms with van der Waals surface area (Å²) in [5.74, 6) is -1.78. The number of hydrogen-bond acceptors (Lipinski definition) is 14. The molecule has 18 nitrogen and oxygen atoms in total. The standard InChI is InChI=1S/C13H19N2O16P3S/c1-6(16)27-10-8(5-26-34(25,35)31-33(23,24)30-32(20,21)22)29-12(11(10)28-7(2)17)15-4-3-9(18)14-13(15)19/h3-4,8,10-12H,5H2,1-2H3,(H,23,24)(H,25,35)(H,14,18,19)(H2,20,21,22)/t8-,10-,11-,12-,34?/m1/s1. The quantitative estimate of drug-likeness (QED) is 0.122. The van der Waals surface area contributed by atoms with Gasteiger partial charge in [-0.2, -0.15) is 8.83 Å². The first-order chi connectivity index (χ1) is 15.9. The first-order valence-electron chi connectivity index (χ1n) is 8.99. The summed E-state index contributed by atoms with van der Waals surface area (Å²) in [6, 6.07) is 0.946. The Morgan fingerprint density at radius 3 is 2.26 bits per heavy atom. The highest BCUT2D eigenvalue weighted by Crippen LogP contribution is 2.70. The first-order valence-corrected chi connectivity index (χ1v) is 14.6. The van der Waals surface area contributed by atoms with Gasteiger partial charge < -0.3 is 36.2 Å². The van der Waals surface area contributed by atoms with Crippen molar-refractivity contribution in [3.63, 3.8) is 0 Å². The summed E-state index contributed by atoms with van der Waals surface area (Å²) in [7, 11) is -15.9. The number of esters is 2. The third kappa shape index (κ3) is 9.17. The molecule has 6 atom stereocenters. The molecule has 0 radical (unpaired) electrons. The second-order valence-electron chi connectivity index (χ2n) is 6.62. The van der Waals surface area contributed by atoms with E-state index in [1.54, 1.807) is 0 Å². The smallest absolute Gasteiger partial charge is 0.459 e. The molecule has 1 aliphatic rings. The second-order valence-corrected chi connectivity index (χ2v) is 12.4. The van der Waals surface area contributed by atoms with Gasteiger partial charge in [-0.25, -0.2) is 18.8 Å². The van der Waals surface area contributed by atoms with Crippen LogP contribution in [0.1, 0.15) is 20.1 Å². The van der Waals surface area contributed by atoms with E-state index in [0.29, 0.717) is 0 Å². The molecule has 0 spiro atoms. The van der Waals surface area contributed by atoms with Crippen LogP contribution in [-0.4, -0.2) is 66.0 Å².